The van der Waals surface area contributed by atoms with Gasteiger partial charge < -0.3 is 9.32 Å². The van der Waals surface area contributed by atoms with Crippen molar-refractivity contribution in [2.45, 2.75) is 0 Å². The molecule has 0 amide bonds. The van der Waals surface area contributed by atoms with Gasteiger partial charge in [0.1, 0.15) is 12.9 Å². The fraction of sp³-hybridized carbons (Fsp3) is 0.625. The predicted molar refractivity (Wildman–Crippen MR) is 46.6 cm³/mol. The largest absolute Gasteiger partial charge is 0.407 e. The normalized spacial score (nSPS) is 11.6. The van der Waals surface area contributed by atoms with Gasteiger partial charge in [0.25, 0.3) is 0 Å². The minimum atomic E-state index is 0.708. The van der Waals surface area contributed by atoms with E-state index >= 15 is 0 Å². The van der Waals surface area contributed by atoms with E-state index in [2.05, 4.69) is 26.1 Å². The van der Waals surface area contributed by atoms with Crippen molar-refractivity contribution in [1.29, 1.82) is 0 Å². The Kier molecular flexibility index (Phi) is 2.70. The van der Waals surface area contributed by atoms with Crippen LogP contribution in [-0.4, -0.2) is 48.5 Å². The Bertz CT molecular complexity index is 213. The molecule has 0 saturated carbocycles. The van der Waals surface area contributed by atoms with Gasteiger partial charge in [-0.1, -0.05) is 0 Å². The summed E-state index contributed by atoms with van der Waals surface area (Å²) in [6, 6.07) is 0. The van der Waals surface area contributed by atoms with Gasteiger partial charge in [-0.2, -0.15) is 4.73 Å². The van der Waals surface area contributed by atoms with Crippen molar-refractivity contribution in [3.05, 3.63) is 18.7 Å². The molecule has 0 aromatic carbocycles. The molecule has 0 N–H and O–H groups in total. The zero-order valence-electron chi connectivity index (χ0n) is 7.90. The van der Waals surface area contributed by atoms with Crippen LogP contribution in [-0.2, 0) is 0 Å². The maximum Gasteiger partial charge on any atom is 0.163 e. The van der Waals surface area contributed by atoms with Crippen LogP contribution in [0.1, 0.15) is 0 Å². The van der Waals surface area contributed by atoms with E-state index in [0.717, 1.165) is 11.0 Å². The maximum atomic E-state index is 5.36. The number of hydrogen-bond acceptors (Lipinski definition) is 2. The fourth-order valence-corrected chi connectivity index (χ4v) is 0.743. The van der Waals surface area contributed by atoms with Crippen LogP contribution in [0.3, 0.4) is 0 Å². The molecule has 1 rings (SSSR count). The smallest absolute Gasteiger partial charge is 0.163 e. The highest BCUT2D eigenvalue weighted by molar-refractivity contribution is 4.69. The fourth-order valence-electron chi connectivity index (χ4n) is 0.743. The lowest BCUT2D eigenvalue weighted by molar-refractivity contribution is -0.870. The summed E-state index contributed by atoms with van der Waals surface area (Å²) < 4.78 is 2.53. The number of aromatic nitrogens is 2. The molecule has 4 nitrogen and oxygen atoms in total. The first-order valence-electron chi connectivity index (χ1n) is 4.00. The Labute approximate surface area is 72.9 Å². The quantitative estimate of drug-likeness (QED) is 0.596. The SMILES string of the molecule is C[N+](C)(C)CCOn1ccnc1. The highest BCUT2D eigenvalue weighted by Gasteiger charge is 2.05. The molecule has 1 aromatic heterocycles. The van der Waals surface area contributed by atoms with E-state index in [1.54, 1.807) is 23.5 Å². The van der Waals surface area contributed by atoms with E-state index in [9.17, 15) is 0 Å². The first kappa shape index (κ1) is 9.06. The highest BCUT2D eigenvalue weighted by Crippen LogP contribution is 1.88. The van der Waals surface area contributed by atoms with Crippen LogP contribution in [0.5, 0.6) is 0 Å². The molecule has 4 heteroatoms. The third-order valence-corrected chi connectivity index (χ3v) is 1.48. The molecule has 0 aliphatic carbocycles. The molecule has 0 saturated heterocycles. The molecule has 0 aliphatic heterocycles. The van der Waals surface area contributed by atoms with E-state index in [1.807, 2.05) is 0 Å². The standard InChI is InChI=1S/C8H16N3O/c1-11(2,3)6-7-12-10-5-4-9-8-10/h4-5,8H,6-7H2,1-3H3/q+1. The van der Waals surface area contributed by atoms with Crippen LogP contribution in [0.15, 0.2) is 18.7 Å². The third kappa shape index (κ3) is 3.39. The maximum absolute atomic E-state index is 5.36. The van der Waals surface area contributed by atoms with Crippen molar-refractivity contribution >= 4 is 0 Å². The predicted octanol–water partition coefficient (Wildman–Crippen LogP) is 0.0179. The van der Waals surface area contributed by atoms with Crippen molar-refractivity contribution in [2.24, 2.45) is 0 Å². The second-order valence-electron chi connectivity index (χ2n) is 3.77. The van der Waals surface area contributed by atoms with Crippen LogP contribution in [0.25, 0.3) is 0 Å². The van der Waals surface area contributed by atoms with Gasteiger partial charge in [0.2, 0.25) is 0 Å². The number of hydrogen-bond donors (Lipinski definition) is 0. The van der Waals surface area contributed by atoms with E-state index < -0.39 is 0 Å². The molecule has 0 fully saturated rings. The minimum absolute atomic E-state index is 0.708. The zero-order valence-corrected chi connectivity index (χ0v) is 7.90. The summed E-state index contributed by atoms with van der Waals surface area (Å²) in [6.45, 7) is 1.69. The summed E-state index contributed by atoms with van der Waals surface area (Å²) in [6.07, 6.45) is 5.14. The van der Waals surface area contributed by atoms with Crippen molar-refractivity contribution in [3.8, 4) is 0 Å². The van der Waals surface area contributed by atoms with Gasteiger partial charge in [0, 0.05) is 6.20 Å². The Balaban J connectivity index is 2.20. The van der Waals surface area contributed by atoms with Crippen molar-refractivity contribution in [3.63, 3.8) is 0 Å². The summed E-state index contributed by atoms with van der Waals surface area (Å²) in [7, 11) is 6.41. The van der Waals surface area contributed by atoms with Gasteiger partial charge in [-0.3, -0.25) is 0 Å². The third-order valence-electron chi connectivity index (χ3n) is 1.48. The second-order valence-corrected chi connectivity index (χ2v) is 3.77. The van der Waals surface area contributed by atoms with Crippen molar-refractivity contribution in [1.82, 2.24) is 9.71 Å². The van der Waals surface area contributed by atoms with Crippen LogP contribution in [0.2, 0.25) is 0 Å². The Morgan fingerprint density at radius 1 is 1.42 bits per heavy atom. The highest BCUT2D eigenvalue weighted by atomic mass is 16.7. The van der Waals surface area contributed by atoms with Crippen molar-refractivity contribution < 1.29 is 9.32 Å². The summed E-state index contributed by atoms with van der Waals surface area (Å²) in [5.41, 5.74) is 0. The molecule has 0 spiro atoms. The van der Waals surface area contributed by atoms with E-state index in [4.69, 9.17) is 4.84 Å². The van der Waals surface area contributed by atoms with Gasteiger partial charge in [0.05, 0.1) is 27.3 Å². The monoisotopic (exact) mass is 170 g/mol. The average Bonchev–Trinajstić information content (AvgIpc) is 2.36. The minimum Gasteiger partial charge on any atom is -0.407 e. The van der Waals surface area contributed by atoms with Gasteiger partial charge in [-0.25, -0.2) is 4.98 Å². The van der Waals surface area contributed by atoms with Gasteiger partial charge >= 0.3 is 0 Å². The summed E-state index contributed by atoms with van der Waals surface area (Å²) in [5, 5.41) is 0. The lowest BCUT2D eigenvalue weighted by atomic mass is 10.5. The van der Waals surface area contributed by atoms with Crippen LogP contribution < -0.4 is 4.84 Å². The van der Waals surface area contributed by atoms with Gasteiger partial charge in [-0.15, -0.1) is 0 Å². The zero-order chi connectivity index (χ0) is 9.03. The first-order valence-corrected chi connectivity index (χ1v) is 4.00. The Morgan fingerprint density at radius 3 is 2.67 bits per heavy atom. The van der Waals surface area contributed by atoms with Gasteiger partial charge in [-0.05, 0) is 0 Å². The summed E-state index contributed by atoms with van der Waals surface area (Å²) in [5.74, 6) is 0. The summed E-state index contributed by atoms with van der Waals surface area (Å²) >= 11 is 0. The van der Waals surface area contributed by atoms with Crippen LogP contribution in [0, 0.1) is 0 Å². The van der Waals surface area contributed by atoms with E-state index in [1.165, 1.54) is 0 Å². The second kappa shape index (κ2) is 3.58. The van der Waals surface area contributed by atoms with Crippen LogP contribution >= 0.6 is 0 Å². The van der Waals surface area contributed by atoms with Crippen molar-refractivity contribution in [2.75, 3.05) is 34.3 Å². The number of rotatable bonds is 4. The first-order chi connectivity index (χ1) is 5.58. The van der Waals surface area contributed by atoms with Gasteiger partial charge in [0.15, 0.2) is 6.61 Å². The Hall–Kier alpha value is -1.03. The number of likely N-dealkylation sites (N-methyl/N-ethyl adjacent to an activating group) is 1. The molecular formula is C8H16N3O+. The molecule has 0 unspecified atom stereocenters. The molecular weight excluding hydrogens is 154 g/mol. The van der Waals surface area contributed by atoms with E-state index in [0.29, 0.717) is 6.61 Å². The lowest BCUT2D eigenvalue weighted by Crippen LogP contribution is -2.39. The molecule has 68 valence electrons. The molecule has 0 radical (unpaired) electrons. The molecule has 1 aromatic rings. The Morgan fingerprint density at radius 2 is 2.17 bits per heavy atom. The lowest BCUT2D eigenvalue weighted by Gasteiger charge is -2.23. The molecule has 0 aliphatic rings. The molecule has 1 heterocycles. The number of quaternary nitrogens is 1. The molecule has 12 heavy (non-hydrogen) atoms. The number of nitrogens with zero attached hydrogens (tertiary/aromatic N) is 3. The molecule has 0 bridgehead atoms. The van der Waals surface area contributed by atoms with Crippen LogP contribution in [0.4, 0.5) is 0 Å². The topological polar surface area (TPSA) is 27.1 Å². The number of imidazole rings is 1. The average molecular weight is 170 g/mol. The van der Waals surface area contributed by atoms with E-state index in [-0.39, 0.29) is 0 Å². The summed E-state index contributed by atoms with van der Waals surface area (Å²) in [4.78, 5) is 9.23. The molecule has 0 atom stereocenters.